The third-order valence-electron chi connectivity index (χ3n) is 6.13. The molecule has 1 aromatic rings. The van der Waals surface area contributed by atoms with Crippen molar-refractivity contribution in [2.45, 2.75) is 116 Å². The molecule has 0 saturated heterocycles. The van der Waals surface area contributed by atoms with E-state index in [1.165, 1.54) is 5.57 Å². The Hall–Kier alpha value is -0.993. The number of benzene rings is 1. The van der Waals surface area contributed by atoms with Crippen LogP contribution in [0.25, 0.3) is 0 Å². The summed E-state index contributed by atoms with van der Waals surface area (Å²) in [6.45, 7) is 20.8. The van der Waals surface area contributed by atoms with Crippen molar-refractivity contribution in [2.75, 3.05) is 6.61 Å². The molecule has 34 heavy (non-hydrogen) atoms. The minimum absolute atomic E-state index is 0.233. The van der Waals surface area contributed by atoms with Crippen LogP contribution in [0, 0.1) is 26.7 Å². The van der Waals surface area contributed by atoms with Gasteiger partial charge in [0.2, 0.25) is 10.0 Å². The fourth-order valence-electron chi connectivity index (χ4n) is 5.24. The predicted molar refractivity (Wildman–Crippen MR) is 144 cm³/mol. The lowest BCUT2D eigenvalue weighted by atomic mass is 10.0. The van der Waals surface area contributed by atoms with Crippen molar-refractivity contribution in [3.8, 4) is 0 Å². The van der Waals surface area contributed by atoms with Crippen LogP contribution in [0.15, 0.2) is 28.7 Å². The number of ether oxygens (including phenoxy) is 1. The molecule has 1 saturated carbocycles. The highest BCUT2D eigenvalue weighted by Gasteiger charge is 2.33. The van der Waals surface area contributed by atoms with E-state index in [9.17, 15) is 8.42 Å². The lowest BCUT2D eigenvalue weighted by Gasteiger charge is -2.29. The molecule has 1 aromatic carbocycles. The highest BCUT2D eigenvalue weighted by molar-refractivity contribution is 7.89. The van der Waals surface area contributed by atoms with Gasteiger partial charge in [-0.05, 0) is 111 Å². The minimum Gasteiger partial charge on any atom is -0.415 e. The summed E-state index contributed by atoms with van der Waals surface area (Å²) in [6, 6.07) is 4.49. The Balaban J connectivity index is 2.34. The van der Waals surface area contributed by atoms with Crippen molar-refractivity contribution in [1.82, 2.24) is 4.72 Å². The van der Waals surface area contributed by atoms with E-state index in [1.807, 2.05) is 53.7 Å². The Morgan fingerprint density at radius 1 is 1.15 bits per heavy atom. The fourth-order valence-corrected chi connectivity index (χ4v) is 9.88. The molecule has 2 atom stereocenters. The highest BCUT2D eigenvalue weighted by atomic mass is 32.2. The zero-order valence-electron chi connectivity index (χ0n) is 23.0. The molecule has 194 valence electrons. The van der Waals surface area contributed by atoms with Gasteiger partial charge in [-0.15, -0.1) is 0 Å². The molecule has 0 amide bonds. The topological polar surface area (TPSA) is 64.6 Å². The number of rotatable bonds is 10. The van der Waals surface area contributed by atoms with Crippen LogP contribution in [0.1, 0.15) is 70.6 Å². The van der Waals surface area contributed by atoms with Gasteiger partial charge < -0.3 is 9.16 Å². The van der Waals surface area contributed by atoms with E-state index in [1.54, 1.807) is 0 Å². The summed E-state index contributed by atoms with van der Waals surface area (Å²) in [5, 5.41) is 0. The second-order valence-corrected chi connectivity index (χ2v) is 17.7. The summed E-state index contributed by atoms with van der Waals surface area (Å²) in [5.74, 6) is 0.449. The first kappa shape index (κ1) is 29.2. The summed E-state index contributed by atoms with van der Waals surface area (Å²) < 4.78 is 42.4. The van der Waals surface area contributed by atoms with Gasteiger partial charge in [-0.25, -0.2) is 13.1 Å². The molecule has 1 fully saturated rings. The SMILES string of the molecule is Cc1cc(C)c(S(=O)(=O)N[C@H](/C=C2\CCC[C@@H]2C[Si](C)(C)OC(C)C)COC(C)(C)C)c(C)c1. The molecule has 7 heteroatoms. The number of allylic oxidation sites excluding steroid dienone is 1. The average Bonchev–Trinajstić information content (AvgIpc) is 3.02. The number of hydrogen-bond donors (Lipinski definition) is 1. The van der Waals surface area contributed by atoms with Gasteiger partial charge in [-0.2, -0.15) is 0 Å². The van der Waals surface area contributed by atoms with E-state index in [0.717, 1.165) is 42.0 Å². The van der Waals surface area contributed by atoms with Crippen molar-refractivity contribution < 1.29 is 17.6 Å². The van der Waals surface area contributed by atoms with Crippen LogP contribution in [-0.4, -0.2) is 41.1 Å². The number of sulfonamides is 1. The quantitative estimate of drug-likeness (QED) is 0.291. The fraction of sp³-hybridized carbons (Fsp3) is 0.704. The van der Waals surface area contributed by atoms with E-state index in [0.29, 0.717) is 17.4 Å². The van der Waals surface area contributed by atoms with Crippen LogP contribution < -0.4 is 4.72 Å². The molecule has 0 heterocycles. The van der Waals surface area contributed by atoms with Crippen molar-refractivity contribution in [1.29, 1.82) is 0 Å². The number of aryl methyl sites for hydroxylation is 3. The van der Waals surface area contributed by atoms with E-state index >= 15 is 0 Å². The first-order valence-electron chi connectivity index (χ1n) is 12.6. The van der Waals surface area contributed by atoms with E-state index < -0.39 is 24.4 Å². The van der Waals surface area contributed by atoms with Crippen LogP contribution in [0.3, 0.4) is 0 Å². The molecule has 0 radical (unpaired) electrons. The molecule has 2 rings (SSSR count). The van der Waals surface area contributed by atoms with Crippen LogP contribution in [-0.2, 0) is 19.2 Å². The van der Waals surface area contributed by atoms with Crippen molar-refractivity contribution in [3.63, 3.8) is 0 Å². The predicted octanol–water partition coefficient (Wildman–Crippen LogP) is 6.43. The minimum atomic E-state index is -3.71. The highest BCUT2D eigenvalue weighted by Crippen LogP contribution is 2.38. The van der Waals surface area contributed by atoms with E-state index in [4.69, 9.17) is 9.16 Å². The summed E-state index contributed by atoms with van der Waals surface area (Å²) in [7, 11) is -5.51. The molecule has 5 nitrogen and oxygen atoms in total. The van der Waals surface area contributed by atoms with E-state index in [2.05, 4.69) is 37.7 Å². The van der Waals surface area contributed by atoms with Crippen molar-refractivity contribution >= 4 is 18.3 Å². The van der Waals surface area contributed by atoms with Crippen molar-refractivity contribution in [3.05, 3.63) is 40.5 Å². The normalized spacial score (nSPS) is 19.9. The monoisotopic (exact) mass is 509 g/mol. The van der Waals surface area contributed by atoms with Gasteiger partial charge in [0, 0.05) is 6.10 Å². The molecule has 0 unspecified atom stereocenters. The van der Waals surface area contributed by atoms with Crippen LogP contribution in [0.5, 0.6) is 0 Å². The Morgan fingerprint density at radius 3 is 2.26 bits per heavy atom. The third kappa shape index (κ3) is 8.90. The Bertz CT molecular complexity index is 954. The van der Waals surface area contributed by atoms with Gasteiger partial charge in [0.25, 0.3) is 0 Å². The Kier molecular flexibility index (Phi) is 9.78. The molecule has 0 aliphatic heterocycles. The lowest BCUT2D eigenvalue weighted by molar-refractivity contribution is -0.00686. The van der Waals surface area contributed by atoms with Crippen LogP contribution in [0.4, 0.5) is 0 Å². The average molecular weight is 510 g/mol. The standard InChI is InChI=1S/C27H47NO4SSi/c1-19(2)32-34(9,10)18-24-13-11-12-23(24)16-25(17-31-27(6,7)8)28-33(29,30)26-21(4)14-20(3)15-22(26)5/h14-16,19,24-25,28H,11-13,17-18H2,1-10H3/b23-16+/t24-,25-/m1/s1. The molecule has 1 aliphatic carbocycles. The maximum absolute atomic E-state index is 13.5. The molecule has 1 N–H and O–H groups in total. The number of hydrogen-bond acceptors (Lipinski definition) is 4. The maximum Gasteiger partial charge on any atom is 0.241 e. The molecular weight excluding hydrogens is 462 g/mol. The van der Waals surface area contributed by atoms with Gasteiger partial charge in [-0.1, -0.05) is 29.3 Å². The molecule has 0 aromatic heterocycles. The van der Waals surface area contributed by atoms with Gasteiger partial charge in [0.05, 0.1) is 23.1 Å². The number of nitrogens with one attached hydrogen (secondary N) is 1. The van der Waals surface area contributed by atoms with Gasteiger partial charge >= 0.3 is 0 Å². The zero-order valence-corrected chi connectivity index (χ0v) is 24.9. The summed E-state index contributed by atoms with van der Waals surface area (Å²) in [4.78, 5) is 0.374. The van der Waals surface area contributed by atoms with Crippen LogP contribution in [0.2, 0.25) is 19.1 Å². The molecule has 0 spiro atoms. The summed E-state index contributed by atoms with van der Waals surface area (Å²) in [6.07, 6.45) is 5.65. The smallest absolute Gasteiger partial charge is 0.241 e. The third-order valence-corrected chi connectivity index (χ3v) is 10.5. The summed E-state index contributed by atoms with van der Waals surface area (Å²) >= 11 is 0. The van der Waals surface area contributed by atoms with Gasteiger partial charge in [0.15, 0.2) is 8.32 Å². The second kappa shape index (κ2) is 11.4. The maximum atomic E-state index is 13.5. The van der Waals surface area contributed by atoms with Crippen molar-refractivity contribution in [2.24, 2.45) is 5.92 Å². The first-order chi connectivity index (χ1) is 15.5. The van der Waals surface area contributed by atoms with Crippen LogP contribution >= 0.6 is 0 Å². The molecule has 1 aliphatic rings. The lowest BCUT2D eigenvalue weighted by Crippen LogP contribution is -2.40. The molecule has 0 bridgehead atoms. The summed E-state index contributed by atoms with van der Waals surface area (Å²) in [5.41, 5.74) is 3.59. The Labute approximate surface area is 209 Å². The van der Waals surface area contributed by atoms with E-state index in [-0.39, 0.29) is 11.7 Å². The first-order valence-corrected chi connectivity index (χ1v) is 17.2. The van der Waals surface area contributed by atoms with Gasteiger partial charge in [0.1, 0.15) is 0 Å². The Morgan fingerprint density at radius 2 is 1.74 bits per heavy atom. The zero-order chi connectivity index (χ0) is 25.9. The largest absolute Gasteiger partial charge is 0.415 e. The van der Waals surface area contributed by atoms with Gasteiger partial charge in [-0.3, -0.25) is 0 Å². The molecular formula is C27H47NO4SSi. The second-order valence-electron chi connectivity index (χ2n) is 11.8.